The molecule has 1 aliphatic heterocycles. The SMILES string of the molecule is OCCNCC1(O)c2ccccc2COc2ccc(Cl)cc21. The minimum atomic E-state index is -1.26. The topological polar surface area (TPSA) is 61.7 Å². The highest BCUT2D eigenvalue weighted by Crippen LogP contribution is 2.41. The number of nitrogens with one attached hydrogen (secondary N) is 1. The Morgan fingerprint density at radius 2 is 2.00 bits per heavy atom. The van der Waals surface area contributed by atoms with Crippen molar-refractivity contribution in [1.29, 1.82) is 0 Å². The summed E-state index contributed by atoms with van der Waals surface area (Å²) in [6.45, 7) is 1.08. The molecule has 1 aliphatic rings. The Hall–Kier alpha value is -1.59. The lowest BCUT2D eigenvalue weighted by molar-refractivity contribution is 0.0779. The summed E-state index contributed by atoms with van der Waals surface area (Å²) in [6.07, 6.45) is 0. The third-order valence-corrected chi connectivity index (χ3v) is 4.14. The van der Waals surface area contributed by atoms with Crippen LogP contribution in [-0.2, 0) is 12.2 Å². The average Bonchev–Trinajstić information content (AvgIpc) is 2.64. The van der Waals surface area contributed by atoms with Crippen LogP contribution in [0.2, 0.25) is 5.02 Å². The van der Waals surface area contributed by atoms with Gasteiger partial charge in [0.15, 0.2) is 0 Å². The minimum Gasteiger partial charge on any atom is -0.488 e. The van der Waals surface area contributed by atoms with E-state index in [2.05, 4.69) is 5.32 Å². The minimum absolute atomic E-state index is 0.0105. The second-order valence-electron chi connectivity index (χ2n) is 5.35. The Bertz CT molecular complexity index is 677. The van der Waals surface area contributed by atoms with Crippen LogP contribution >= 0.6 is 11.6 Å². The van der Waals surface area contributed by atoms with E-state index >= 15 is 0 Å². The smallest absolute Gasteiger partial charge is 0.131 e. The lowest BCUT2D eigenvalue weighted by Crippen LogP contribution is -2.40. The molecule has 0 bridgehead atoms. The summed E-state index contributed by atoms with van der Waals surface area (Å²) in [5, 5.41) is 24.0. The molecular weight excluding hydrogens is 302 g/mol. The summed E-state index contributed by atoms with van der Waals surface area (Å²) < 4.78 is 5.84. The molecule has 0 aliphatic carbocycles. The Labute approximate surface area is 134 Å². The van der Waals surface area contributed by atoms with Crippen molar-refractivity contribution in [3.8, 4) is 5.75 Å². The molecular formula is C17H18ClNO3. The number of benzene rings is 2. The predicted molar refractivity (Wildman–Crippen MR) is 85.2 cm³/mol. The molecule has 0 saturated carbocycles. The van der Waals surface area contributed by atoms with Gasteiger partial charge in [-0.3, -0.25) is 0 Å². The molecule has 0 spiro atoms. The van der Waals surface area contributed by atoms with Gasteiger partial charge in [0, 0.05) is 23.7 Å². The van der Waals surface area contributed by atoms with E-state index in [0.29, 0.717) is 29.5 Å². The lowest BCUT2D eigenvalue weighted by Gasteiger charge is -2.30. The largest absolute Gasteiger partial charge is 0.488 e. The highest BCUT2D eigenvalue weighted by Gasteiger charge is 2.38. The van der Waals surface area contributed by atoms with Crippen molar-refractivity contribution < 1.29 is 14.9 Å². The molecule has 3 N–H and O–H groups in total. The van der Waals surface area contributed by atoms with E-state index in [0.717, 1.165) is 11.1 Å². The number of halogens is 1. The fraction of sp³-hybridized carbons (Fsp3) is 0.294. The zero-order chi connectivity index (χ0) is 15.6. The molecule has 5 heteroatoms. The Balaban J connectivity index is 2.13. The van der Waals surface area contributed by atoms with Gasteiger partial charge < -0.3 is 20.3 Å². The molecule has 1 unspecified atom stereocenters. The third kappa shape index (κ3) is 2.71. The fourth-order valence-electron chi connectivity index (χ4n) is 2.84. The lowest BCUT2D eigenvalue weighted by atomic mass is 9.83. The van der Waals surface area contributed by atoms with Gasteiger partial charge in [-0.1, -0.05) is 35.9 Å². The molecule has 1 heterocycles. The van der Waals surface area contributed by atoms with Crippen molar-refractivity contribution in [2.24, 2.45) is 0 Å². The van der Waals surface area contributed by atoms with Gasteiger partial charge in [0.05, 0.1) is 6.61 Å². The van der Waals surface area contributed by atoms with E-state index in [-0.39, 0.29) is 13.2 Å². The summed E-state index contributed by atoms with van der Waals surface area (Å²) in [5.74, 6) is 0.619. The van der Waals surface area contributed by atoms with Crippen molar-refractivity contribution in [3.63, 3.8) is 0 Å². The Morgan fingerprint density at radius 1 is 1.18 bits per heavy atom. The van der Waals surface area contributed by atoms with E-state index in [4.69, 9.17) is 21.4 Å². The summed E-state index contributed by atoms with van der Waals surface area (Å²) in [6, 6.07) is 12.9. The van der Waals surface area contributed by atoms with Gasteiger partial charge in [0.2, 0.25) is 0 Å². The van der Waals surface area contributed by atoms with Gasteiger partial charge in [-0.15, -0.1) is 0 Å². The number of rotatable bonds is 4. The molecule has 0 amide bonds. The van der Waals surface area contributed by atoms with Gasteiger partial charge in [0.1, 0.15) is 18.0 Å². The second kappa shape index (κ2) is 6.26. The van der Waals surface area contributed by atoms with Crippen LogP contribution in [0.5, 0.6) is 5.75 Å². The Morgan fingerprint density at radius 3 is 2.82 bits per heavy atom. The molecule has 0 saturated heterocycles. The molecule has 22 heavy (non-hydrogen) atoms. The number of ether oxygens (including phenoxy) is 1. The van der Waals surface area contributed by atoms with Crippen LogP contribution < -0.4 is 10.1 Å². The molecule has 2 aromatic carbocycles. The van der Waals surface area contributed by atoms with Crippen LogP contribution in [0.3, 0.4) is 0 Å². The molecule has 116 valence electrons. The van der Waals surface area contributed by atoms with Gasteiger partial charge in [0.25, 0.3) is 0 Å². The molecule has 0 radical (unpaired) electrons. The highest BCUT2D eigenvalue weighted by molar-refractivity contribution is 6.30. The maximum absolute atomic E-state index is 11.4. The monoisotopic (exact) mass is 319 g/mol. The van der Waals surface area contributed by atoms with Crippen LogP contribution in [0.25, 0.3) is 0 Å². The number of hydrogen-bond donors (Lipinski definition) is 3. The van der Waals surface area contributed by atoms with Gasteiger partial charge >= 0.3 is 0 Å². The highest BCUT2D eigenvalue weighted by atomic mass is 35.5. The number of fused-ring (bicyclic) bond motifs is 2. The average molecular weight is 320 g/mol. The molecule has 3 rings (SSSR count). The zero-order valence-corrected chi connectivity index (χ0v) is 12.8. The molecule has 2 aromatic rings. The van der Waals surface area contributed by atoms with E-state index in [1.165, 1.54) is 0 Å². The Kier molecular flexibility index (Phi) is 4.36. The second-order valence-corrected chi connectivity index (χ2v) is 5.78. The van der Waals surface area contributed by atoms with Crippen molar-refractivity contribution in [2.45, 2.75) is 12.2 Å². The molecule has 0 fully saturated rings. The van der Waals surface area contributed by atoms with E-state index in [1.54, 1.807) is 18.2 Å². The molecule has 0 aromatic heterocycles. The number of aliphatic hydroxyl groups is 2. The zero-order valence-electron chi connectivity index (χ0n) is 12.1. The van der Waals surface area contributed by atoms with E-state index in [1.807, 2.05) is 24.3 Å². The molecule has 1 atom stereocenters. The molecule has 4 nitrogen and oxygen atoms in total. The standard InChI is InChI=1S/C17H18ClNO3/c18-13-5-6-16-15(9-13)17(21,11-19-7-8-20)14-4-2-1-3-12(14)10-22-16/h1-6,9,19-21H,7-8,10-11H2. The van der Waals surface area contributed by atoms with Gasteiger partial charge in [-0.05, 0) is 29.3 Å². The number of hydrogen-bond acceptors (Lipinski definition) is 4. The quantitative estimate of drug-likeness (QED) is 0.755. The first-order valence-electron chi connectivity index (χ1n) is 7.20. The maximum Gasteiger partial charge on any atom is 0.131 e. The van der Waals surface area contributed by atoms with Crippen LogP contribution in [-0.4, -0.2) is 29.9 Å². The predicted octanol–water partition coefficient (Wildman–Crippen LogP) is 2.05. The summed E-state index contributed by atoms with van der Waals surface area (Å²) in [7, 11) is 0. The van der Waals surface area contributed by atoms with Crippen molar-refractivity contribution in [3.05, 3.63) is 64.2 Å². The van der Waals surface area contributed by atoms with Crippen molar-refractivity contribution in [1.82, 2.24) is 5.32 Å². The summed E-state index contributed by atoms with van der Waals surface area (Å²) in [5.41, 5.74) is 1.10. The van der Waals surface area contributed by atoms with E-state index in [9.17, 15) is 5.11 Å². The van der Waals surface area contributed by atoms with Crippen LogP contribution in [0.4, 0.5) is 0 Å². The number of aliphatic hydroxyl groups excluding tert-OH is 1. The van der Waals surface area contributed by atoms with Crippen LogP contribution in [0.15, 0.2) is 42.5 Å². The van der Waals surface area contributed by atoms with Crippen LogP contribution in [0, 0.1) is 0 Å². The fourth-order valence-corrected chi connectivity index (χ4v) is 3.01. The first-order valence-corrected chi connectivity index (χ1v) is 7.58. The third-order valence-electron chi connectivity index (χ3n) is 3.90. The maximum atomic E-state index is 11.4. The van der Waals surface area contributed by atoms with Gasteiger partial charge in [-0.25, -0.2) is 0 Å². The van der Waals surface area contributed by atoms with Crippen molar-refractivity contribution in [2.75, 3.05) is 19.7 Å². The van der Waals surface area contributed by atoms with Crippen LogP contribution in [0.1, 0.15) is 16.7 Å². The van der Waals surface area contributed by atoms with E-state index < -0.39 is 5.60 Å². The van der Waals surface area contributed by atoms with Gasteiger partial charge in [-0.2, -0.15) is 0 Å². The van der Waals surface area contributed by atoms with Crippen molar-refractivity contribution >= 4 is 11.6 Å². The summed E-state index contributed by atoms with van der Waals surface area (Å²) >= 11 is 6.12. The summed E-state index contributed by atoms with van der Waals surface area (Å²) in [4.78, 5) is 0. The first-order chi connectivity index (χ1) is 10.6. The first kappa shape index (κ1) is 15.3. The normalized spacial score (nSPS) is 19.8.